The summed E-state index contributed by atoms with van der Waals surface area (Å²) in [6.45, 7) is 6.40. The fraction of sp³-hybridized carbons (Fsp3) is 0.222. The van der Waals surface area contributed by atoms with Crippen LogP contribution in [0.15, 0.2) is 41.2 Å². The summed E-state index contributed by atoms with van der Waals surface area (Å²) in [6, 6.07) is 6.16. The van der Waals surface area contributed by atoms with Gasteiger partial charge in [0.05, 0.1) is 10.6 Å². The first-order chi connectivity index (χ1) is 11.3. The molecule has 1 aromatic heterocycles. The Bertz CT molecular complexity index is 848. The van der Waals surface area contributed by atoms with Crippen LogP contribution < -0.4 is 5.32 Å². The molecule has 0 bridgehead atoms. The van der Waals surface area contributed by atoms with Crippen LogP contribution in [0.25, 0.3) is 22.0 Å². The molecule has 2 heterocycles. The number of hydrogen-bond donors (Lipinski definition) is 1. The molecule has 0 fully saturated rings. The summed E-state index contributed by atoms with van der Waals surface area (Å²) in [5, 5.41) is 3.76. The van der Waals surface area contributed by atoms with E-state index in [9.17, 15) is 0 Å². The van der Waals surface area contributed by atoms with Crippen LogP contribution in [0.2, 0.25) is 0 Å². The highest BCUT2D eigenvalue weighted by Gasteiger charge is 2.22. The van der Waals surface area contributed by atoms with Crippen LogP contribution in [-0.2, 0) is 0 Å². The number of hydrogen-bond acceptors (Lipinski definition) is 3. The normalized spacial score (nSPS) is 15.2. The minimum Gasteiger partial charge on any atom is -0.376 e. The number of halogens is 3. The number of benzene rings is 1. The fourth-order valence-electron chi connectivity index (χ4n) is 2.83. The van der Waals surface area contributed by atoms with Crippen LogP contribution in [0.4, 0.5) is 5.69 Å². The standard InChI is InChI=1S/C18H16Cl3N3/c1-10-7-18(2,3)24-14-6-11(4-5-13(10)14)17-22-8-12(9-23-17)15(19)16(20)21/h4-9,24H,1-3H3. The second-order valence-corrected chi connectivity index (χ2v) is 7.63. The second-order valence-electron chi connectivity index (χ2n) is 6.30. The summed E-state index contributed by atoms with van der Waals surface area (Å²) >= 11 is 17.4. The maximum atomic E-state index is 6.00. The first kappa shape index (κ1) is 17.3. The molecule has 1 aliphatic heterocycles. The molecule has 124 valence electrons. The molecule has 3 nitrogen and oxygen atoms in total. The third-order valence-corrected chi connectivity index (χ3v) is 4.79. The fourth-order valence-corrected chi connectivity index (χ4v) is 3.15. The van der Waals surface area contributed by atoms with E-state index in [4.69, 9.17) is 34.8 Å². The molecule has 0 amide bonds. The number of fused-ring (bicyclic) bond motifs is 1. The van der Waals surface area contributed by atoms with Crippen molar-refractivity contribution in [2.24, 2.45) is 0 Å². The molecule has 1 aliphatic rings. The summed E-state index contributed by atoms with van der Waals surface area (Å²) in [7, 11) is 0. The van der Waals surface area contributed by atoms with E-state index >= 15 is 0 Å². The van der Waals surface area contributed by atoms with Gasteiger partial charge < -0.3 is 5.32 Å². The monoisotopic (exact) mass is 379 g/mol. The van der Waals surface area contributed by atoms with Gasteiger partial charge in [-0.25, -0.2) is 9.97 Å². The summed E-state index contributed by atoms with van der Waals surface area (Å²) in [5.74, 6) is 0.614. The maximum Gasteiger partial charge on any atom is 0.159 e. The largest absolute Gasteiger partial charge is 0.376 e. The Morgan fingerprint density at radius 1 is 1.08 bits per heavy atom. The van der Waals surface area contributed by atoms with Gasteiger partial charge in [0, 0.05) is 34.8 Å². The summed E-state index contributed by atoms with van der Waals surface area (Å²) in [6.07, 6.45) is 5.44. The highest BCUT2D eigenvalue weighted by molar-refractivity contribution is 6.66. The molecule has 0 atom stereocenters. The van der Waals surface area contributed by atoms with Crippen molar-refractivity contribution >= 4 is 51.1 Å². The van der Waals surface area contributed by atoms with Crippen LogP contribution in [0, 0.1) is 0 Å². The number of anilines is 1. The number of nitrogens with one attached hydrogen (secondary N) is 1. The Labute approximate surface area is 156 Å². The van der Waals surface area contributed by atoms with Crippen molar-refractivity contribution in [2.45, 2.75) is 26.3 Å². The molecule has 0 unspecified atom stereocenters. The second kappa shape index (κ2) is 6.40. The van der Waals surface area contributed by atoms with Gasteiger partial charge in [0.2, 0.25) is 0 Å². The highest BCUT2D eigenvalue weighted by Crippen LogP contribution is 2.36. The van der Waals surface area contributed by atoms with Crippen molar-refractivity contribution in [3.63, 3.8) is 0 Å². The highest BCUT2D eigenvalue weighted by atomic mass is 35.5. The van der Waals surface area contributed by atoms with Gasteiger partial charge in [-0.3, -0.25) is 0 Å². The number of allylic oxidation sites excluding steroid dienone is 1. The lowest BCUT2D eigenvalue weighted by Crippen LogP contribution is -2.31. The zero-order chi connectivity index (χ0) is 17.5. The van der Waals surface area contributed by atoms with E-state index in [1.807, 2.05) is 6.07 Å². The molecule has 2 aromatic rings. The summed E-state index contributed by atoms with van der Waals surface area (Å²) < 4.78 is -0.00417. The molecular weight excluding hydrogens is 365 g/mol. The van der Waals surface area contributed by atoms with Gasteiger partial charge >= 0.3 is 0 Å². The lowest BCUT2D eigenvalue weighted by molar-refractivity contribution is 0.707. The lowest BCUT2D eigenvalue weighted by Gasteiger charge is -2.31. The Kier molecular flexibility index (Phi) is 4.60. The molecule has 0 saturated heterocycles. The predicted octanol–water partition coefficient (Wildman–Crippen LogP) is 6.09. The quantitative estimate of drug-likeness (QED) is 0.684. The smallest absolute Gasteiger partial charge is 0.159 e. The van der Waals surface area contributed by atoms with Crippen LogP contribution in [0.1, 0.15) is 31.9 Å². The molecule has 1 aromatic carbocycles. The molecule has 0 aliphatic carbocycles. The molecular formula is C18H16Cl3N3. The van der Waals surface area contributed by atoms with Crippen molar-refractivity contribution in [1.82, 2.24) is 9.97 Å². The van der Waals surface area contributed by atoms with Crippen LogP contribution >= 0.6 is 34.8 Å². The van der Waals surface area contributed by atoms with E-state index in [-0.39, 0.29) is 15.1 Å². The Morgan fingerprint density at radius 2 is 1.75 bits per heavy atom. The van der Waals surface area contributed by atoms with Gasteiger partial charge in [0.25, 0.3) is 0 Å². The third kappa shape index (κ3) is 3.44. The molecule has 0 spiro atoms. The minimum atomic E-state index is -0.0875. The minimum absolute atomic E-state index is 0.00417. The average Bonchev–Trinajstić information content (AvgIpc) is 2.52. The topological polar surface area (TPSA) is 37.8 Å². The van der Waals surface area contributed by atoms with Crippen molar-refractivity contribution in [3.8, 4) is 11.4 Å². The predicted molar refractivity (Wildman–Crippen MR) is 103 cm³/mol. The Balaban J connectivity index is 1.98. The lowest BCUT2D eigenvalue weighted by atomic mass is 9.90. The number of aromatic nitrogens is 2. The Morgan fingerprint density at radius 3 is 2.38 bits per heavy atom. The SMILES string of the molecule is CC1=CC(C)(C)Nc2cc(-c3ncc(C(Cl)=C(Cl)Cl)cn3)ccc21. The molecule has 0 saturated carbocycles. The van der Waals surface area contributed by atoms with E-state index < -0.39 is 0 Å². The number of nitrogens with zero attached hydrogens (tertiary/aromatic N) is 2. The Hall–Kier alpha value is -1.55. The summed E-state index contributed by atoms with van der Waals surface area (Å²) in [4.78, 5) is 8.73. The molecule has 24 heavy (non-hydrogen) atoms. The van der Waals surface area contributed by atoms with Crippen LogP contribution in [0.5, 0.6) is 0 Å². The van der Waals surface area contributed by atoms with E-state index in [2.05, 4.69) is 54.3 Å². The first-order valence-electron chi connectivity index (χ1n) is 7.42. The third-order valence-electron chi connectivity index (χ3n) is 3.81. The van der Waals surface area contributed by atoms with E-state index in [1.54, 1.807) is 12.4 Å². The van der Waals surface area contributed by atoms with Crippen molar-refractivity contribution < 1.29 is 0 Å². The van der Waals surface area contributed by atoms with Crippen molar-refractivity contribution in [1.29, 1.82) is 0 Å². The molecule has 6 heteroatoms. The van der Waals surface area contributed by atoms with Gasteiger partial charge in [-0.1, -0.05) is 53.0 Å². The van der Waals surface area contributed by atoms with E-state index in [1.165, 1.54) is 11.1 Å². The van der Waals surface area contributed by atoms with E-state index in [0.29, 0.717) is 11.4 Å². The van der Waals surface area contributed by atoms with Crippen LogP contribution in [0.3, 0.4) is 0 Å². The maximum absolute atomic E-state index is 6.00. The van der Waals surface area contributed by atoms with Gasteiger partial charge in [0.15, 0.2) is 5.82 Å². The van der Waals surface area contributed by atoms with E-state index in [0.717, 1.165) is 11.3 Å². The van der Waals surface area contributed by atoms with Crippen molar-refractivity contribution in [2.75, 3.05) is 5.32 Å². The van der Waals surface area contributed by atoms with Gasteiger partial charge in [0.1, 0.15) is 4.49 Å². The molecule has 1 N–H and O–H groups in total. The van der Waals surface area contributed by atoms with Gasteiger partial charge in [-0.05, 0) is 32.4 Å². The molecule has 3 rings (SSSR count). The van der Waals surface area contributed by atoms with Gasteiger partial charge in [-0.2, -0.15) is 0 Å². The van der Waals surface area contributed by atoms with Crippen LogP contribution in [-0.4, -0.2) is 15.5 Å². The first-order valence-corrected chi connectivity index (χ1v) is 8.56. The van der Waals surface area contributed by atoms with Crippen molar-refractivity contribution in [3.05, 3.63) is 52.3 Å². The zero-order valence-electron chi connectivity index (χ0n) is 13.5. The molecule has 0 radical (unpaired) electrons. The summed E-state index contributed by atoms with van der Waals surface area (Å²) in [5.41, 5.74) is 4.94. The van der Waals surface area contributed by atoms with Gasteiger partial charge in [-0.15, -0.1) is 0 Å². The average molecular weight is 381 g/mol. The zero-order valence-corrected chi connectivity index (χ0v) is 15.8. The number of rotatable bonds is 2.